The van der Waals surface area contributed by atoms with Gasteiger partial charge in [-0.05, 0) is 42.8 Å². The Bertz CT molecular complexity index is 1040. The quantitative estimate of drug-likeness (QED) is 0.641. The molecule has 0 aliphatic carbocycles. The molecule has 0 aliphatic heterocycles. The molecular weight excluding hydrogens is 367 g/mol. The van der Waals surface area contributed by atoms with Crippen LogP contribution in [0, 0.1) is 24.1 Å². The van der Waals surface area contributed by atoms with Gasteiger partial charge in [0.1, 0.15) is 11.9 Å². The highest BCUT2D eigenvalue weighted by Crippen LogP contribution is 2.27. The van der Waals surface area contributed by atoms with E-state index >= 15 is 0 Å². The van der Waals surface area contributed by atoms with Gasteiger partial charge in [-0.3, -0.25) is 4.98 Å². The number of benzene rings is 2. The number of nitrogens with one attached hydrogen (secondary N) is 2. The Kier molecular flexibility index (Phi) is 5.34. The van der Waals surface area contributed by atoms with Gasteiger partial charge in [0, 0.05) is 17.4 Å². The predicted octanol–water partition coefficient (Wildman–Crippen LogP) is 5.37. The summed E-state index contributed by atoms with van der Waals surface area (Å²) in [6.07, 6.45) is 1.52. The van der Waals surface area contributed by atoms with Gasteiger partial charge in [-0.25, -0.2) is 9.18 Å². The lowest BCUT2D eigenvalue weighted by atomic mass is 10.1. The lowest BCUT2D eigenvalue weighted by molar-refractivity contribution is 0.262. The summed E-state index contributed by atoms with van der Waals surface area (Å²) in [7, 11) is 0. The predicted molar refractivity (Wildman–Crippen MR) is 103 cm³/mol. The van der Waals surface area contributed by atoms with Gasteiger partial charge in [0.05, 0.1) is 22.0 Å². The number of nitriles is 1. The maximum absolute atomic E-state index is 13.7. The third-order valence-corrected chi connectivity index (χ3v) is 4.11. The third kappa shape index (κ3) is 4.22. The van der Waals surface area contributed by atoms with Crippen molar-refractivity contribution < 1.29 is 9.18 Å². The minimum Gasteiger partial charge on any atom is -0.308 e. The molecule has 0 aliphatic rings. The minimum atomic E-state index is -0.564. The largest absolute Gasteiger partial charge is 0.323 e. The summed E-state index contributed by atoms with van der Waals surface area (Å²) in [5, 5.41) is 14.7. The third-order valence-electron chi connectivity index (χ3n) is 3.80. The monoisotopic (exact) mass is 380 g/mol. The number of carbonyl (C=O) groups excluding carboxylic acids is 1. The summed E-state index contributed by atoms with van der Waals surface area (Å²) < 4.78 is 13.7. The Balaban J connectivity index is 1.75. The molecule has 2 amide bonds. The van der Waals surface area contributed by atoms with E-state index in [1.807, 2.05) is 6.07 Å². The van der Waals surface area contributed by atoms with E-state index in [-0.39, 0.29) is 11.3 Å². The molecule has 0 saturated heterocycles. The zero-order chi connectivity index (χ0) is 19.4. The van der Waals surface area contributed by atoms with Crippen molar-refractivity contribution in [3.05, 3.63) is 76.7 Å². The average Bonchev–Trinajstić information content (AvgIpc) is 2.65. The second kappa shape index (κ2) is 7.85. The van der Waals surface area contributed by atoms with Gasteiger partial charge >= 0.3 is 6.03 Å². The van der Waals surface area contributed by atoms with Gasteiger partial charge < -0.3 is 10.6 Å². The van der Waals surface area contributed by atoms with Crippen LogP contribution in [0.4, 0.5) is 20.6 Å². The highest BCUT2D eigenvalue weighted by molar-refractivity contribution is 6.32. The molecule has 0 unspecified atom stereocenters. The van der Waals surface area contributed by atoms with Gasteiger partial charge in [-0.1, -0.05) is 29.8 Å². The van der Waals surface area contributed by atoms with Crippen LogP contribution in [0.2, 0.25) is 5.02 Å². The number of nitrogens with zero attached hydrogens (tertiary/aromatic N) is 2. The maximum atomic E-state index is 13.7. The van der Waals surface area contributed by atoms with Gasteiger partial charge in [0.15, 0.2) is 0 Å². The van der Waals surface area contributed by atoms with Crippen molar-refractivity contribution in [2.75, 3.05) is 10.6 Å². The van der Waals surface area contributed by atoms with Gasteiger partial charge in [0.2, 0.25) is 0 Å². The number of rotatable bonds is 3. The topological polar surface area (TPSA) is 77.8 Å². The Morgan fingerprint density at radius 1 is 1.15 bits per heavy atom. The normalized spacial score (nSPS) is 10.1. The van der Waals surface area contributed by atoms with E-state index in [0.717, 1.165) is 5.56 Å². The van der Waals surface area contributed by atoms with Crippen LogP contribution in [0.5, 0.6) is 0 Å². The SMILES string of the molecule is Cc1ccc(F)c(NC(=O)Nc2ccc(-c3nccc(Cl)c3C#N)cc2)c1. The van der Waals surface area contributed by atoms with Crippen molar-refractivity contribution in [3.8, 4) is 17.3 Å². The molecule has 3 rings (SSSR count). The lowest BCUT2D eigenvalue weighted by Crippen LogP contribution is -2.20. The van der Waals surface area contributed by atoms with E-state index in [0.29, 0.717) is 22.0 Å². The van der Waals surface area contributed by atoms with Crippen LogP contribution in [-0.4, -0.2) is 11.0 Å². The molecule has 27 heavy (non-hydrogen) atoms. The zero-order valence-corrected chi connectivity index (χ0v) is 15.0. The fourth-order valence-electron chi connectivity index (χ4n) is 2.49. The Morgan fingerprint density at radius 2 is 1.89 bits per heavy atom. The summed E-state index contributed by atoms with van der Waals surface area (Å²) in [6.45, 7) is 1.81. The standard InChI is InChI=1S/C20H14ClFN4O/c1-12-2-7-17(22)18(10-12)26-20(27)25-14-5-3-13(4-6-14)19-15(11-23)16(21)8-9-24-19/h2-10H,1H3,(H2,25,26,27). The highest BCUT2D eigenvalue weighted by atomic mass is 35.5. The number of aromatic nitrogens is 1. The second-order valence-corrected chi connectivity index (χ2v) is 6.18. The molecule has 134 valence electrons. The number of halogens is 2. The molecule has 2 aromatic carbocycles. The summed E-state index contributed by atoms with van der Waals surface area (Å²) in [4.78, 5) is 16.3. The van der Waals surface area contributed by atoms with Gasteiger partial charge in [-0.15, -0.1) is 0 Å². The van der Waals surface area contributed by atoms with Crippen LogP contribution in [0.3, 0.4) is 0 Å². The average molecular weight is 381 g/mol. The summed E-state index contributed by atoms with van der Waals surface area (Å²) >= 11 is 6.02. The summed E-state index contributed by atoms with van der Waals surface area (Å²) in [5.41, 5.74) is 2.87. The molecule has 1 aromatic heterocycles. The van der Waals surface area contributed by atoms with E-state index in [9.17, 15) is 14.4 Å². The number of anilines is 2. The minimum absolute atomic E-state index is 0.103. The van der Waals surface area contributed by atoms with E-state index in [4.69, 9.17) is 11.6 Å². The fraction of sp³-hybridized carbons (Fsp3) is 0.0500. The van der Waals surface area contributed by atoms with Crippen LogP contribution < -0.4 is 10.6 Å². The zero-order valence-electron chi connectivity index (χ0n) is 14.3. The Morgan fingerprint density at radius 3 is 2.59 bits per heavy atom. The Labute approximate surface area is 160 Å². The second-order valence-electron chi connectivity index (χ2n) is 5.77. The van der Waals surface area contributed by atoms with Crippen LogP contribution in [0.25, 0.3) is 11.3 Å². The van der Waals surface area contributed by atoms with Crippen molar-refractivity contribution >= 4 is 29.0 Å². The Hall–Kier alpha value is -3.43. The number of hydrogen-bond donors (Lipinski definition) is 2. The molecule has 0 saturated carbocycles. The highest BCUT2D eigenvalue weighted by Gasteiger charge is 2.11. The van der Waals surface area contributed by atoms with Gasteiger partial charge in [-0.2, -0.15) is 5.26 Å². The van der Waals surface area contributed by atoms with Crippen molar-refractivity contribution in [1.29, 1.82) is 5.26 Å². The molecule has 0 atom stereocenters. The molecule has 3 aromatic rings. The fourth-order valence-corrected chi connectivity index (χ4v) is 2.68. The number of carbonyl (C=O) groups is 1. The summed E-state index contributed by atoms with van der Waals surface area (Å²) in [5.74, 6) is -0.512. The molecule has 7 heteroatoms. The molecular formula is C20H14ClFN4O. The van der Waals surface area contributed by atoms with E-state index in [1.165, 1.54) is 12.3 Å². The van der Waals surface area contributed by atoms with Crippen molar-refractivity contribution in [3.63, 3.8) is 0 Å². The number of aryl methyl sites for hydroxylation is 1. The van der Waals surface area contributed by atoms with E-state index in [2.05, 4.69) is 15.6 Å². The maximum Gasteiger partial charge on any atom is 0.323 e. The molecule has 0 radical (unpaired) electrons. The first-order chi connectivity index (χ1) is 13.0. The molecule has 2 N–H and O–H groups in total. The van der Waals surface area contributed by atoms with Crippen LogP contribution in [-0.2, 0) is 0 Å². The lowest BCUT2D eigenvalue weighted by Gasteiger charge is -2.10. The molecule has 0 bridgehead atoms. The van der Waals surface area contributed by atoms with E-state index < -0.39 is 11.8 Å². The molecule has 5 nitrogen and oxygen atoms in total. The first-order valence-electron chi connectivity index (χ1n) is 7.97. The first kappa shape index (κ1) is 18.4. The van der Waals surface area contributed by atoms with Gasteiger partial charge in [0.25, 0.3) is 0 Å². The van der Waals surface area contributed by atoms with E-state index in [1.54, 1.807) is 49.4 Å². The van der Waals surface area contributed by atoms with Crippen molar-refractivity contribution in [2.24, 2.45) is 0 Å². The van der Waals surface area contributed by atoms with Crippen LogP contribution >= 0.6 is 11.6 Å². The van der Waals surface area contributed by atoms with Crippen molar-refractivity contribution in [2.45, 2.75) is 6.92 Å². The van der Waals surface area contributed by atoms with Crippen LogP contribution in [0.1, 0.15) is 11.1 Å². The van der Waals surface area contributed by atoms with Crippen molar-refractivity contribution in [1.82, 2.24) is 4.98 Å². The molecule has 0 fully saturated rings. The number of hydrogen-bond acceptors (Lipinski definition) is 3. The molecule has 0 spiro atoms. The number of urea groups is 1. The van der Waals surface area contributed by atoms with Crippen LogP contribution in [0.15, 0.2) is 54.7 Å². The first-order valence-corrected chi connectivity index (χ1v) is 8.35. The smallest absolute Gasteiger partial charge is 0.308 e. The number of amides is 2. The number of pyridine rings is 1. The summed E-state index contributed by atoms with van der Waals surface area (Å²) in [6, 6.07) is 14.2. The molecule has 1 heterocycles.